The number of benzene rings is 2. The van der Waals surface area contributed by atoms with Gasteiger partial charge in [0, 0.05) is 30.0 Å². The van der Waals surface area contributed by atoms with Crippen LogP contribution in [0, 0.1) is 12.8 Å². The number of rotatable bonds is 3. The molecule has 0 aromatic heterocycles. The molecule has 0 bridgehead atoms. The van der Waals surface area contributed by atoms with Gasteiger partial charge in [-0.15, -0.1) is 0 Å². The fourth-order valence-corrected chi connectivity index (χ4v) is 4.97. The molecule has 1 heterocycles. The van der Waals surface area contributed by atoms with Gasteiger partial charge in [-0.2, -0.15) is 0 Å². The second-order valence-corrected chi connectivity index (χ2v) is 7.86. The third-order valence-corrected chi connectivity index (χ3v) is 6.19. The van der Waals surface area contributed by atoms with Crippen LogP contribution in [0.15, 0.2) is 66.0 Å². The van der Waals surface area contributed by atoms with Crippen LogP contribution in [0.25, 0.3) is 0 Å². The molecule has 1 atom stereocenters. The Hall–Kier alpha value is -2.22. The lowest BCUT2D eigenvalue weighted by molar-refractivity contribution is 0.273. The van der Waals surface area contributed by atoms with Crippen LogP contribution in [0.5, 0.6) is 0 Å². The topological polar surface area (TPSA) is 6.48 Å². The van der Waals surface area contributed by atoms with Gasteiger partial charge in [-0.25, -0.2) is 0 Å². The lowest BCUT2D eigenvalue weighted by Crippen LogP contribution is -2.31. The average molecular weight is 347 g/mol. The van der Waals surface area contributed by atoms with E-state index in [9.17, 15) is 0 Å². The first-order valence-corrected chi connectivity index (χ1v) is 10.0. The van der Waals surface area contributed by atoms with E-state index >= 15 is 0 Å². The van der Waals surface area contributed by atoms with Crippen LogP contribution in [0.2, 0.25) is 0 Å². The van der Waals surface area contributed by atoms with Gasteiger partial charge >= 0.3 is 0 Å². The van der Waals surface area contributed by atoms with Gasteiger partial charge in [0.25, 0.3) is 0 Å². The van der Waals surface area contributed by atoms with Crippen LogP contribution in [0.4, 0.5) is 5.69 Å². The molecule has 2 aromatic rings. The highest BCUT2D eigenvalue weighted by molar-refractivity contribution is 5.61. The monoisotopic (exact) mass is 346 g/mol. The van der Waals surface area contributed by atoms with Crippen LogP contribution in [-0.4, -0.2) is 11.9 Å². The number of anilines is 1. The summed E-state index contributed by atoms with van der Waals surface area (Å²) < 4.78 is 0. The Morgan fingerprint density at radius 1 is 0.808 bits per heavy atom. The predicted molar refractivity (Wildman–Crippen MR) is 110 cm³/mol. The van der Waals surface area contributed by atoms with E-state index in [4.69, 9.17) is 0 Å². The molecule has 2 aromatic carbocycles. The van der Waals surface area contributed by atoms with Crippen LogP contribution in [0.1, 0.15) is 56.3 Å². The van der Waals surface area contributed by atoms with Gasteiger partial charge in [-0.1, -0.05) is 67.8 Å². The Labute approximate surface area is 158 Å². The minimum absolute atomic E-state index is 0.245. The number of para-hydroxylation sites is 1. The Balaban J connectivity index is 1.82. The molecule has 1 aliphatic carbocycles. The lowest BCUT2D eigenvalue weighted by atomic mass is 9.86. The number of hydrogen-bond acceptors (Lipinski definition) is 2. The third kappa shape index (κ3) is 2.92. The molecular weight excluding hydrogens is 316 g/mol. The smallest absolute Gasteiger partial charge is 0.132 e. The number of aryl methyl sites for hydroxylation is 1. The van der Waals surface area contributed by atoms with Gasteiger partial charge in [0.2, 0.25) is 0 Å². The quantitative estimate of drug-likeness (QED) is 0.647. The van der Waals surface area contributed by atoms with Crippen LogP contribution in [0.3, 0.4) is 0 Å². The molecule has 0 spiro atoms. The van der Waals surface area contributed by atoms with Crippen LogP contribution < -0.4 is 4.90 Å². The Morgan fingerprint density at radius 2 is 1.46 bits per heavy atom. The maximum Gasteiger partial charge on any atom is 0.132 e. The Morgan fingerprint density at radius 3 is 2.15 bits per heavy atom. The van der Waals surface area contributed by atoms with E-state index in [1.807, 2.05) is 0 Å². The standard InChI is InChI=1S/C24H30N2/c1-18-12-10-11-17-22(18)26-19(2)23(20-13-6-4-7-14-20)25(3)24(26)21-15-8-5-9-16-21/h5,8-12,15-17,20,24H,4,6-7,13-14H2,1-3H3. The summed E-state index contributed by atoms with van der Waals surface area (Å²) in [7, 11) is 2.30. The summed E-state index contributed by atoms with van der Waals surface area (Å²) in [5.74, 6) is 0.703. The predicted octanol–water partition coefficient (Wildman–Crippen LogP) is 6.26. The van der Waals surface area contributed by atoms with Crippen molar-refractivity contribution in [3.8, 4) is 0 Å². The van der Waals surface area contributed by atoms with Crippen LogP contribution in [-0.2, 0) is 0 Å². The summed E-state index contributed by atoms with van der Waals surface area (Å²) in [6.07, 6.45) is 7.05. The number of nitrogens with zero attached hydrogens (tertiary/aromatic N) is 2. The van der Waals surface area contributed by atoms with Gasteiger partial charge in [0.1, 0.15) is 6.17 Å². The van der Waals surface area contributed by atoms with Crippen molar-refractivity contribution in [1.29, 1.82) is 0 Å². The molecule has 1 saturated carbocycles. The van der Waals surface area contributed by atoms with Crippen molar-refractivity contribution in [2.24, 2.45) is 5.92 Å². The zero-order valence-corrected chi connectivity index (χ0v) is 16.3. The largest absolute Gasteiger partial charge is 0.352 e. The highest BCUT2D eigenvalue weighted by Crippen LogP contribution is 2.47. The molecule has 0 saturated heterocycles. The number of allylic oxidation sites excluding steroid dienone is 2. The van der Waals surface area contributed by atoms with E-state index < -0.39 is 0 Å². The van der Waals surface area contributed by atoms with Gasteiger partial charge < -0.3 is 9.80 Å². The van der Waals surface area contributed by atoms with Crippen molar-refractivity contribution >= 4 is 5.69 Å². The molecule has 0 amide bonds. The normalized spacial score (nSPS) is 21.6. The molecule has 4 rings (SSSR count). The molecule has 0 N–H and O–H groups in total. The summed E-state index contributed by atoms with van der Waals surface area (Å²) in [5, 5.41) is 0. The summed E-state index contributed by atoms with van der Waals surface area (Å²) >= 11 is 0. The van der Waals surface area contributed by atoms with E-state index in [1.54, 1.807) is 5.70 Å². The van der Waals surface area contributed by atoms with E-state index in [1.165, 1.54) is 54.6 Å². The van der Waals surface area contributed by atoms with Gasteiger partial charge in [0.05, 0.1) is 0 Å². The van der Waals surface area contributed by atoms with E-state index in [0.717, 1.165) is 0 Å². The molecule has 1 aliphatic heterocycles. The summed E-state index contributed by atoms with van der Waals surface area (Å²) in [4.78, 5) is 5.11. The highest BCUT2D eigenvalue weighted by Gasteiger charge is 2.39. The van der Waals surface area contributed by atoms with Gasteiger partial charge in [-0.3, -0.25) is 0 Å². The minimum atomic E-state index is 0.245. The first-order chi connectivity index (χ1) is 12.7. The molecule has 2 heteroatoms. The molecule has 2 aliphatic rings. The highest BCUT2D eigenvalue weighted by atomic mass is 15.4. The average Bonchev–Trinajstić information content (AvgIpc) is 2.94. The Kier molecular flexibility index (Phi) is 4.76. The van der Waals surface area contributed by atoms with Crippen molar-refractivity contribution in [3.05, 3.63) is 77.1 Å². The first kappa shape index (κ1) is 17.2. The molecule has 26 heavy (non-hydrogen) atoms. The molecule has 1 fully saturated rings. The van der Waals surface area contributed by atoms with Crippen molar-refractivity contribution in [2.45, 2.75) is 52.1 Å². The SMILES string of the molecule is CC1=C(C2CCCCC2)N(C)C(c2ccccc2)N1c1ccccc1C. The number of hydrogen-bond donors (Lipinski definition) is 0. The molecule has 2 nitrogen and oxygen atoms in total. The Bertz CT molecular complexity index is 787. The van der Waals surface area contributed by atoms with Gasteiger partial charge in [0.15, 0.2) is 0 Å². The second kappa shape index (κ2) is 7.19. The fourth-order valence-electron chi connectivity index (χ4n) is 4.97. The third-order valence-electron chi connectivity index (χ3n) is 6.19. The zero-order valence-electron chi connectivity index (χ0n) is 16.3. The maximum absolute atomic E-state index is 2.56. The van der Waals surface area contributed by atoms with E-state index in [2.05, 4.69) is 85.3 Å². The minimum Gasteiger partial charge on any atom is -0.352 e. The van der Waals surface area contributed by atoms with Crippen molar-refractivity contribution < 1.29 is 0 Å². The molecule has 1 unspecified atom stereocenters. The molecule has 136 valence electrons. The van der Waals surface area contributed by atoms with Crippen LogP contribution >= 0.6 is 0 Å². The van der Waals surface area contributed by atoms with Crippen molar-refractivity contribution in [2.75, 3.05) is 11.9 Å². The fraction of sp³-hybridized carbons (Fsp3) is 0.417. The summed E-state index contributed by atoms with van der Waals surface area (Å²) in [5.41, 5.74) is 7.02. The van der Waals surface area contributed by atoms with Crippen molar-refractivity contribution in [3.63, 3.8) is 0 Å². The zero-order chi connectivity index (χ0) is 18.1. The lowest BCUT2D eigenvalue weighted by Gasteiger charge is -2.35. The summed E-state index contributed by atoms with van der Waals surface area (Å²) in [6.45, 7) is 4.55. The van der Waals surface area contributed by atoms with Crippen molar-refractivity contribution in [1.82, 2.24) is 4.90 Å². The van der Waals surface area contributed by atoms with Gasteiger partial charge in [-0.05, 0) is 43.9 Å². The summed E-state index contributed by atoms with van der Waals surface area (Å²) in [6, 6.07) is 19.8. The van der Waals surface area contributed by atoms with E-state index in [0.29, 0.717) is 5.92 Å². The first-order valence-electron chi connectivity index (χ1n) is 10.0. The van der Waals surface area contributed by atoms with E-state index in [-0.39, 0.29) is 6.17 Å². The second-order valence-electron chi connectivity index (χ2n) is 7.86. The molecule has 0 radical (unpaired) electrons. The molecular formula is C24H30N2. The maximum atomic E-state index is 2.56.